The van der Waals surface area contributed by atoms with E-state index >= 15 is 0 Å². The molecule has 0 N–H and O–H groups in total. The molecule has 0 spiro atoms. The minimum Gasteiger partial charge on any atom is -0.272 e. The Labute approximate surface area is 165 Å². The molecule has 0 aromatic heterocycles. The zero-order chi connectivity index (χ0) is 21.2. The maximum Gasteiger partial charge on any atom is 0.416 e. The van der Waals surface area contributed by atoms with Crippen LogP contribution in [0.25, 0.3) is 0 Å². The zero-order valence-corrected chi connectivity index (χ0v) is 15.3. The molecule has 29 heavy (non-hydrogen) atoms. The van der Waals surface area contributed by atoms with Gasteiger partial charge >= 0.3 is 6.18 Å². The smallest absolute Gasteiger partial charge is 0.272 e. The fourth-order valence-electron chi connectivity index (χ4n) is 3.41. The first-order chi connectivity index (χ1) is 13.8. The maximum atomic E-state index is 13.1. The van der Waals surface area contributed by atoms with Crippen LogP contribution >= 0.6 is 0 Å². The van der Waals surface area contributed by atoms with E-state index in [2.05, 4.69) is 5.10 Å². The summed E-state index contributed by atoms with van der Waals surface area (Å²) in [6, 6.07) is 16.5. The predicted octanol–water partition coefficient (Wildman–Crippen LogP) is 4.49. The number of hydrazone groups is 1. The van der Waals surface area contributed by atoms with Crippen molar-refractivity contribution in [2.24, 2.45) is 16.9 Å². The molecule has 146 valence electrons. The highest BCUT2D eigenvalue weighted by atomic mass is 19.4. The number of nitriles is 2. The van der Waals surface area contributed by atoms with E-state index < -0.39 is 35.4 Å². The lowest BCUT2D eigenvalue weighted by Crippen LogP contribution is -2.34. The number of hydrogen-bond acceptors (Lipinski definition) is 4. The normalized spacial score (nSPS) is 17.6. The molecule has 0 fully saturated rings. The molecule has 1 heterocycles. The number of amides is 1. The second kappa shape index (κ2) is 7.76. The molecular formula is C21H15F3N4O. The molecular weight excluding hydrogens is 381 g/mol. The molecule has 8 heteroatoms. The summed E-state index contributed by atoms with van der Waals surface area (Å²) in [5.41, 5.74) is 0.365. The standard InChI is InChI=1S/C21H15F3N4O/c1-13-18(20(29)28(27-13)17-5-3-2-4-6-17)19(15(11-25)12-26)14-7-9-16(10-8-14)21(22,23)24/h2-10,15,18-19H,1H3/t18-,19+/m0/s1. The average molecular weight is 396 g/mol. The molecule has 2 aromatic carbocycles. The molecule has 2 aromatic rings. The van der Waals surface area contributed by atoms with E-state index in [9.17, 15) is 28.5 Å². The lowest BCUT2D eigenvalue weighted by molar-refractivity contribution is -0.137. The minimum absolute atomic E-state index is 0.300. The van der Waals surface area contributed by atoms with Crippen molar-refractivity contribution in [1.82, 2.24) is 0 Å². The summed E-state index contributed by atoms with van der Waals surface area (Å²) in [4.78, 5) is 13.1. The number of nitrogens with zero attached hydrogens (tertiary/aromatic N) is 4. The summed E-state index contributed by atoms with van der Waals surface area (Å²) in [6.07, 6.45) is -4.51. The van der Waals surface area contributed by atoms with Crippen molar-refractivity contribution in [3.8, 4) is 12.1 Å². The predicted molar refractivity (Wildman–Crippen MR) is 99.4 cm³/mol. The van der Waals surface area contributed by atoms with Crippen LogP contribution < -0.4 is 5.01 Å². The zero-order valence-electron chi connectivity index (χ0n) is 15.3. The van der Waals surface area contributed by atoms with Crippen LogP contribution in [0, 0.1) is 34.5 Å². The van der Waals surface area contributed by atoms with Crippen LogP contribution in [0.3, 0.4) is 0 Å². The van der Waals surface area contributed by atoms with Gasteiger partial charge in [-0.25, -0.2) is 5.01 Å². The Morgan fingerprint density at radius 1 is 1.03 bits per heavy atom. The van der Waals surface area contributed by atoms with E-state index in [0.29, 0.717) is 17.0 Å². The molecule has 2 atom stereocenters. The Morgan fingerprint density at radius 2 is 1.62 bits per heavy atom. The topological polar surface area (TPSA) is 80.2 Å². The van der Waals surface area contributed by atoms with Crippen molar-refractivity contribution in [1.29, 1.82) is 10.5 Å². The molecule has 0 bridgehead atoms. The lowest BCUT2D eigenvalue weighted by Gasteiger charge is -2.24. The highest BCUT2D eigenvalue weighted by molar-refractivity contribution is 6.15. The van der Waals surface area contributed by atoms with E-state index in [4.69, 9.17) is 0 Å². The monoisotopic (exact) mass is 396 g/mol. The van der Waals surface area contributed by atoms with Crippen LogP contribution in [-0.4, -0.2) is 11.6 Å². The lowest BCUT2D eigenvalue weighted by atomic mass is 9.75. The van der Waals surface area contributed by atoms with Gasteiger partial charge in [-0.05, 0) is 36.8 Å². The number of carbonyl (C=O) groups excluding carboxylic acids is 1. The summed E-state index contributed by atoms with van der Waals surface area (Å²) < 4.78 is 38.7. The van der Waals surface area contributed by atoms with Crippen LogP contribution in [0.5, 0.6) is 0 Å². The highest BCUT2D eigenvalue weighted by Gasteiger charge is 2.44. The Morgan fingerprint density at radius 3 is 2.14 bits per heavy atom. The van der Waals surface area contributed by atoms with Crippen molar-refractivity contribution in [2.75, 3.05) is 5.01 Å². The van der Waals surface area contributed by atoms with Crippen molar-refractivity contribution >= 4 is 17.3 Å². The van der Waals surface area contributed by atoms with E-state index in [1.54, 1.807) is 37.3 Å². The first-order valence-corrected chi connectivity index (χ1v) is 8.68. The fraction of sp³-hybridized carbons (Fsp3) is 0.238. The summed E-state index contributed by atoms with van der Waals surface area (Å²) in [5, 5.41) is 24.4. The second-order valence-electron chi connectivity index (χ2n) is 6.59. The van der Waals surface area contributed by atoms with E-state index in [0.717, 1.165) is 12.1 Å². The molecule has 0 unspecified atom stereocenters. The summed E-state index contributed by atoms with van der Waals surface area (Å²) in [7, 11) is 0. The molecule has 0 saturated heterocycles. The molecule has 0 saturated carbocycles. The van der Waals surface area contributed by atoms with E-state index in [-0.39, 0.29) is 0 Å². The van der Waals surface area contributed by atoms with Gasteiger partial charge in [0.15, 0.2) is 0 Å². The number of anilines is 1. The first-order valence-electron chi connectivity index (χ1n) is 8.68. The Balaban J connectivity index is 2.03. The minimum atomic E-state index is -4.51. The summed E-state index contributed by atoms with van der Waals surface area (Å²) in [5.74, 6) is -3.55. The fourth-order valence-corrected chi connectivity index (χ4v) is 3.41. The Bertz CT molecular complexity index is 1000. The van der Waals surface area contributed by atoms with Gasteiger partial charge in [0.05, 0.1) is 29.3 Å². The quantitative estimate of drug-likeness (QED) is 0.764. The third-order valence-corrected chi connectivity index (χ3v) is 4.80. The average Bonchev–Trinajstić information content (AvgIpc) is 3.00. The van der Waals surface area contributed by atoms with Crippen LogP contribution in [-0.2, 0) is 11.0 Å². The van der Waals surface area contributed by atoms with Crippen LogP contribution in [0.2, 0.25) is 0 Å². The largest absolute Gasteiger partial charge is 0.416 e. The van der Waals surface area contributed by atoms with Crippen LogP contribution in [0.4, 0.5) is 18.9 Å². The van der Waals surface area contributed by atoms with Crippen molar-refractivity contribution in [2.45, 2.75) is 19.0 Å². The second-order valence-corrected chi connectivity index (χ2v) is 6.59. The third kappa shape index (κ3) is 3.83. The molecule has 3 rings (SSSR count). The van der Waals surface area contributed by atoms with Gasteiger partial charge in [0.25, 0.3) is 5.91 Å². The van der Waals surface area contributed by atoms with Gasteiger partial charge in [-0.2, -0.15) is 28.8 Å². The highest BCUT2D eigenvalue weighted by Crippen LogP contribution is 2.39. The molecule has 0 radical (unpaired) electrons. The van der Waals surface area contributed by atoms with Gasteiger partial charge in [0.2, 0.25) is 0 Å². The maximum absolute atomic E-state index is 13.1. The number of alkyl halides is 3. The number of benzene rings is 2. The van der Waals surface area contributed by atoms with Crippen molar-refractivity contribution < 1.29 is 18.0 Å². The van der Waals surface area contributed by atoms with Gasteiger partial charge in [0, 0.05) is 11.6 Å². The molecule has 0 aliphatic carbocycles. The number of carbonyl (C=O) groups is 1. The number of rotatable bonds is 4. The van der Waals surface area contributed by atoms with Gasteiger partial charge in [-0.15, -0.1) is 0 Å². The van der Waals surface area contributed by atoms with Crippen LogP contribution in [0.1, 0.15) is 24.0 Å². The third-order valence-electron chi connectivity index (χ3n) is 4.80. The van der Waals surface area contributed by atoms with Crippen molar-refractivity contribution in [3.05, 3.63) is 65.7 Å². The van der Waals surface area contributed by atoms with Gasteiger partial charge < -0.3 is 0 Å². The first kappa shape index (κ1) is 20.1. The van der Waals surface area contributed by atoms with Crippen molar-refractivity contribution in [3.63, 3.8) is 0 Å². The number of hydrogen-bond donors (Lipinski definition) is 0. The van der Waals surface area contributed by atoms with Gasteiger partial charge in [-0.3, -0.25) is 4.79 Å². The van der Waals surface area contributed by atoms with Gasteiger partial charge in [-0.1, -0.05) is 30.3 Å². The Kier molecular flexibility index (Phi) is 5.38. The van der Waals surface area contributed by atoms with Crippen LogP contribution in [0.15, 0.2) is 59.7 Å². The number of para-hydroxylation sites is 1. The molecule has 1 aliphatic rings. The van der Waals surface area contributed by atoms with E-state index in [1.807, 2.05) is 12.1 Å². The molecule has 1 aliphatic heterocycles. The Hall–Kier alpha value is -3.65. The molecule has 1 amide bonds. The number of halogens is 3. The van der Waals surface area contributed by atoms with Gasteiger partial charge in [0.1, 0.15) is 5.92 Å². The van der Waals surface area contributed by atoms with E-state index in [1.165, 1.54) is 17.1 Å². The molecule has 5 nitrogen and oxygen atoms in total. The summed E-state index contributed by atoms with van der Waals surface area (Å²) >= 11 is 0. The summed E-state index contributed by atoms with van der Waals surface area (Å²) in [6.45, 7) is 1.61. The SMILES string of the molecule is CC1=NN(c2ccccc2)C(=O)[C@@H]1[C@H](c1ccc(C(F)(F)F)cc1)C(C#N)C#N.